The van der Waals surface area contributed by atoms with Crippen molar-refractivity contribution in [2.24, 2.45) is 0 Å². The molecule has 0 bridgehead atoms. The standard InChI is InChI=1S/C20H27N3O4/c1-20(2,3)19-22-18(27-23-19)15-11-8-7-10-14(15)17(26)21-13-9-5-4-6-12-16(24)25/h7-8,10-11H,4-6,9,12-13H2,1-3H3,(H,21,26)(H,24,25). The first-order valence-electron chi connectivity index (χ1n) is 9.22. The van der Waals surface area contributed by atoms with E-state index in [1.807, 2.05) is 26.8 Å². The van der Waals surface area contributed by atoms with Gasteiger partial charge < -0.3 is 14.9 Å². The lowest BCUT2D eigenvalue weighted by molar-refractivity contribution is -0.137. The summed E-state index contributed by atoms with van der Waals surface area (Å²) in [5.41, 5.74) is 0.867. The number of aromatic nitrogens is 2. The Kier molecular flexibility index (Phi) is 7.10. The Morgan fingerprint density at radius 3 is 2.48 bits per heavy atom. The van der Waals surface area contributed by atoms with Crippen molar-refractivity contribution in [3.63, 3.8) is 0 Å². The third-order valence-corrected chi connectivity index (χ3v) is 4.10. The summed E-state index contributed by atoms with van der Waals surface area (Å²) in [7, 11) is 0. The third-order valence-electron chi connectivity index (χ3n) is 4.10. The Labute approximate surface area is 159 Å². The second-order valence-electron chi connectivity index (χ2n) is 7.53. The molecule has 7 nitrogen and oxygen atoms in total. The van der Waals surface area contributed by atoms with Crippen molar-refractivity contribution in [2.45, 2.75) is 58.3 Å². The number of carbonyl (C=O) groups excluding carboxylic acids is 1. The summed E-state index contributed by atoms with van der Waals surface area (Å²) >= 11 is 0. The summed E-state index contributed by atoms with van der Waals surface area (Å²) in [5.74, 6) is -0.0318. The maximum absolute atomic E-state index is 12.5. The molecule has 0 saturated carbocycles. The van der Waals surface area contributed by atoms with E-state index in [1.54, 1.807) is 18.2 Å². The van der Waals surface area contributed by atoms with Crippen LogP contribution >= 0.6 is 0 Å². The maximum Gasteiger partial charge on any atom is 0.303 e. The van der Waals surface area contributed by atoms with Crippen LogP contribution in [-0.4, -0.2) is 33.7 Å². The monoisotopic (exact) mass is 373 g/mol. The van der Waals surface area contributed by atoms with Gasteiger partial charge in [0, 0.05) is 18.4 Å². The molecule has 0 aliphatic rings. The maximum atomic E-state index is 12.5. The van der Waals surface area contributed by atoms with Gasteiger partial charge in [0.05, 0.1) is 11.1 Å². The molecule has 0 spiro atoms. The Balaban J connectivity index is 1.94. The Hall–Kier alpha value is -2.70. The third kappa shape index (κ3) is 6.20. The zero-order valence-corrected chi connectivity index (χ0v) is 16.1. The van der Waals surface area contributed by atoms with E-state index in [-0.39, 0.29) is 17.7 Å². The van der Waals surface area contributed by atoms with Gasteiger partial charge in [-0.1, -0.05) is 50.9 Å². The molecular formula is C20H27N3O4. The van der Waals surface area contributed by atoms with E-state index in [0.717, 1.165) is 19.3 Å². The van der Waals surface area contributed by atoms with Crippen LogP contribution in [0.1, 0.15) is 69.1 Å². The van der Waals surface area contributed by atoms with E-state index in [9.17, 15) is 9.59 Å². The largest absolute Gasteiger partial charge is 0.481 e. The van der Waals surface area contributed by atoms with Gasteiger partial charge in [-0.2, -0.15) is 4.98 Å². The highest BCUT2D eigenvalue weighted by atomic mass is 16.5. The number of unbranched alkanes of at least 4 members (excludes halogenated alkanes) is 3. The molecule has 0 saturated heterocycles. The van der Waals surface area contributed by atoms with Crippen molar-refractivity contribution in [3.8, 4) is 11.5 Å². The summed E-state index contributed by atoms with van der Waals surface area (Å²) in [6, 6.07) is 7.15. The van der Waals surface area contributed by atoms with Gasteiger partial charge in [0.1, 0.15) is 0 Å². The molecule has 0 radical (unpaired) electrons. The average molecular weight is 373 g/mol. The van der Waals surface area contributed by atoms with Crippen LogP contribution in [0.5, 0.6) is 0 Å². The lowest BCUT2D eigenvalue weighted by Crippen LogP contribution is -2.25. The summed E-state index contributed by atoms with van der Waals surface area (Å²) < 4.78 is 5.37. The number of carboxylic acid groups (broad SMARTS) is 1. The Bertz CT molecular complexity index is 778. The fraction of sp³-hybridized carbons (Fsp3) is 0.500. The van der Waals surface area contributed by atoms with Crippen LogP contribution in [0.2, 0.25) is 0 Å². The normalized spacial score (nSPS) is 11.4. The Morgan fingerprint density at radius 1 is 1.11 bits per heavy atom. The highest BCUT2D eigenvalue weighted by molar-refractivity contribution is 5.99. The van der Waals surface area contributed by atoms with Crippen LogP contribution in [0.3, 0.4) is 0 Å². The van der Waals surface area contributed by atoms with Crippen LogP contribution in [-0.2, 0) is 10.2 Å². The fourth-order valence-corrected chi connectivity index (χ4v) is 2.56. The average Bonchev–Trinajstić information content (AvgIpc) is 3.11. The van der Waals surface area contributed by atoms with E-state index in [2.05, 4.69) is 15.5 Å². The second kappa shape index (κ2) is 9.30. The summed E-state index contributed by atoms with van der Waals surface area (Å²) in [4.78, 5) is 27.4. The second-order valence-corrected chi connectivity index (χ2v) is 7.53. The molecule has 0 aliphatic heterocycles. The summed E-state index contributed by atoms with van der Waals surface area (Å²) in [6.07, 6.45) is 3.40. The predicted molar refractivity (Wildman–Crippen MR) is 101 cm³/mol. The van der Waals surface area contributed by atoms with E-state index >= 15 is 0 Å². The lowest BCUT2D eigenvalue weighted by atomic mass is 9.96. The number of nitrogens with one attached hydrogen (secondary N) is 1. The number of hydrogen-bond acceptors (Lipinski definition) is 5. The van der Waals surface area contributed by atoms with E-state index < -0.39 is 5.97 Å². The van der Waals surface area contributed by atoms with Gasteiger partial charge in [-0.05, 0) is 25.0 Å². The molecule has 1 aromatic heterocycles. The minimum absolute atomic E-state index is 0.188. The molecule has 2 aromatic rings. The number of nitrogens with zero attached hydrogens (tertiary/aromatic N) is 2. The fourth-order valence-electron chi connectivity index (χ4n) is 2.56. The number of amides is 1. The molecule has 2 N–H and O–H groups in total. The van der Waals surface area contributed by atoms with Crippen molar-refractivity contribution >= 4 is 11.9 Å². The molecule has 0 aliphatic carbocycles. The van der Waals surface area contributed by atoms with Crippen LogP contribution in [0, 0.1) is 0 Å². The van der Waals surface area contributed by atoms with Crippen LogP contribution in [0.15, 0.2) is 28.8 Å². The van der Waals surface area contributed by atoms with Gasteiger partial charge in [0.2, 0.25) is 0 Å². The van der Waals surface area contributed by atoms with Gasteiger partial charge >= 0.3 is 5.97 Å². The zero-order chi connectivity index (χ0) is 19.9. The first-order valence-corrected chi connectivity index (χ1v) is 9.22. The van der Waals surface area contributed by atoms with Gasteiger partial charge in [0.25, 0.3) is 11.8 Å². The molecule has 0 unspecified atom stereocenters. The molecule has 27 heavy (non-hydrogen) atoms. The minimum atomic E-state index is -0.768. The van der Waals surface area contributed by atoms with Crippen molar-refractivity contribution < 1.29 is 19.2 Å². The summed E-state index contributed by atoms with van der Waals surface area (Å²) in [6.45, 7) is 6.53. The van der Waals surface area contributed by atoms with Gasteiger partial charge in [-0.25, -0.2) is 0 Å². The van der Waals surface area contributed by atoms with Crippen LogP contribution < -0.4 is 5.32 Å². The SMILES string of the molecule is CC(C)(C)c1noc(-c2ccccc2C(=O)NCCCCCCC(=O)O)n1. The molecule has 1 aromatic carbocycles. The number of hydrogen-bond donors (Lipinski definition) is 2. The molecule has 1 heterocycles. The highest BCUT2D eigenvalue weighted by Gasteiger charge is 2.23. The number of rotatable bonds is 9. The van der Waals surface area contributed by atoms with Gasteiger partial charge in [-0.3, -0.25) is 9.59 Å². The molecular weight excluding hydrogens is 346 g/mol. The molecule has 0 atom stereocenters. The smallest absolute Gasteiger partial charge is 0.303 e. The van der Waals surface area contributed by atoms with Gasteiger partial charge in [0.15, 0.2) is 5.82 Å². The quantitative estimate of drug-likeness (QED) is 0.648. The van der Waals surface area contributed by atoms with Crippen LogP contribution in [0.25, 0.3) is 11.5 Å². The van der Waals surface area contributed by atoms with Crippen LogP contribution in [0.4, 0.5) is 0 Å². The first-order chi connectivity index (χ1) is 12.8. The van der Waals surface area contributed by atoms with Crippen molar-refractivity contribution in [3.05, 3.63) is 35.7 Å². The van der Waals surface area contributed by atoms with Crippen molar-refractivity contribution in [2.75, 3.05) is 6.54 Å². The molecule has 2 rings (SSSR count). The molecule has 146 valence electrons. The molecule has 0 fully saturated rings. The zero-order valence-electron chi connectivity index (χ0n) is 16.1. The predicted octanol–water partition coefficient (Wildman–Crippen LogP) is 3.80. The topological polar surface area (TPSA) is 105 Å². The number of carboxylic acids is 1. The van der Waals surface area contributed by atoms with E-state index in [0.29, 0.717) is 35.8 Å². The lowest BCUT2D eigenvalue weighted by Gasteiger charge is -2.11. The molecule has 1 amide bonds. The van der Waals surface area contributed by atoms with Crippen molar-refractivity contribution in [1.29, 1.82) is 0 Å². The van der Waals surface area contributed by atoms with E-state index in [4.69, 9.17) is 9.63 Å². The number of aliphatic carboxylic acids is 1. The number of benzene rings is 1. The number of carbonyl (C=O) groups is 2. The van der Waals surface area contributed by atoms with Crippen molar-refractivity contribution in [1.82, 2.24) is 15.5 Å². The molecule has 7 heteroatoms. The first kappa shape index (κ1) is 20.6. The summed E-state index contributed by atoms with van der Waals surface area (Å²) in [5, 5.41) is 15.5. The van der Waals surface area contributed by atoms with Gasteiger partial charge in [-0.15, -0.1) is 0 Å². The van der Waals surface area contributed by atoms with E-state index in [1.165, 1.54) is 0 Å². The highest BCUT2D eigenvalue weighted by Crippen LogP contribution is 2.26. The Morgan fingerprint density at radius 2 is 1.81 bits per heavy atom. The minimum Gasteiger partial charge on any atom is -0.481 e.